The molecule has 2 amide bonds. The van der Waals surface area contributed by atoms with Gasteiger partial charge >= 0.3 is 5.97 Å². The second kappa shape index (κ2) is 9.71. The lowest BCUT2D eigenvalue weighted by molar-refractivity contribution is -0.123. The zero-order chi connectivity index (χ0) is 21.7. The lowest BCUT2D eigenvalue weighted by Gasteiger charge is -2.14. The molecule has 0 unspecified atom stereocenters. The van der Waals surface area contributed by atoms with Gasteiger partial charge in [-0.05, 0) is 42.6 Å². The number of amides is 2. The van der Waals surface area contributed by atoms with E-state index in [2.05, 4.69) is 15.6 Å². The summed E-state index contributed by atoms with van der Waals surface area (Å²) in [5.74, 6) is -1.51. The first-order chi connectivity index (χ1) is 14.3. The number of carbonyl (C=O) groups excluding carboxylic acids is 3. The predicted octanol–water partition coefficient (Wildman–Crippen LogP) is 4.89. The topological polar surface area (TPSA) is 97.4 Å². The molecule has 0 radical (unpaired) electrons. The van der Waals surface area contributed by atoms with Crippen LogP contribution in [-0.2, 0) is 9.53 Å². The molecule has 0 aliphatic rings. The van der Waals surface area contributed by atoms with Crippen molar-refractivity contribution in [1.82, 2.24) is 4.98 Å². The van der Waals surface area contributed by atoms with Gasteiger partial charge < -0.3 is 15.4 Å². The van der Waals surface area contributed by atoms with Gasteiger partial charge in [0.25, 0.3) is 11.8 Å². The Morgan fingerprint density at radius 2 is 1.90 bits per heavy atom. The Balaban J connectivity index is 1.62. The van der Waals surface area contributed by atoms with E-state index < -0.39 is 18.0 Å². The van der Waals surface area contributed by atoms with E-state index in [4.69, 9.17) is 27.9 Å². The van der Waals surface area contributed by atoms with Gasteiger partial charge in [-0.15, -0.1) is 11.3 Å². The molecule has 2 heterocycles. The molecular weight excluding hydrogens is 449 g/mol. The van der Waals surface area contributed by atoms with Crippen molar-refractivity contribution in [3.63, 3.8) is 0 Å². The van der Waals surface area contributed by atoms with Crippen LogP contribution in [0.4, 0.5) is 11.5 Å². The van der Waals surface area contributed by atoms with E-state index in [0.717, 1.165) is 0 Å². The van der Waals surface area contributed by atoms with Gasteiger partial charge in [0, 0.05) is 11.9 Å². The van der Waals surface area contributed by atoms with Crippen molar-refractivity contribution in [2.75, 3.05) is 10.6 Å². The fourth-order valence-corrected chi connectivity index (χ4v) is 3.38. The maximum atomic E-state index is 12.4. The summed E-state index contributed by atoms with van der Waals surface area (Å²) in [6.45, 7) is 1.42. The first-order valence-corrected chi connectivity index (χ1v) is 10.2. The Labute approximate surface area is 186 Å². The quantitative estimate of drug-likeness (QED) is 0.507. The molecule has 0 saturated heterocycles. The van der Waals surface area contributed by atoms with Gasteiger partial charge in [-0.3, -0.25) is 9.59 Å². The van der Waals surface area contributed by atoms with Crippen LogP contribution < -0.4 is 10.6 Å². The molecule has 0 saturated carbocycles. The summed E-state index contributed by atoms with van der Waals surface area (Å²) >= 11 is 13.0. The maximum absolute atomic E-state index is 12.4. The SMILES string of the molecule is C[C@H](OC(=O)c1cccc(NC(=O)c2cccs2)c1)C(=O)Nc1ncc(Cl)cc1Cl. The van der Waals surface area contributed by atoms with Gasteiger partial charge in [0.05, 0.1) is 20.5 Å². The van der Waals surface area contributed by atoms with Crippen molar-refractivity contribution in [2.45, 2.75) is 13.0 Å². The van der Waals surface area contributed by atoms with E-state index in [1.807, 2.05) is 0 Å². The van der Waals surface area contributed by atoms with Crippen molar-refractivity contribution in [3.05, 3.63) is 74.5 Å². The van der Waals surface area contributed by atoms with Crippen LogP contribution in [0.3, 0.4) is 0 Å². The van der Waals surface area contributed by atoms with E-state index in [-0.39, 0.29) is 22.3 Å². The minimum atomic E-state index is -1.12. The van der Waals surface area contributed by atoms with Crippen LogP contribution in [0.2, 0.25) is 10.0 Å². The Morgan fingerprint density at radius 3 is 2.60 bits per heavy atom. The molecule has 3 aromatic rings. The molecule has 154 valence electrons. The molecule has 2 aromatic heterocycles. The number of hydrogen-bond acceptors (Lipinski definition) is 6. The smallest absolute Gasteiger partial charge is 0.338 e. The predicted molar refractivity (Wildman–Crippen MR) is 116 cm³/mol. The summed E-state index contributed by atoms with van der Waals surface area (Å²) in [5.41, 5.74) is 0.610. The van der Waals surface area contributed by atoms with Crippen molar-refractivity contribution >= 4 is 63.8 Å². The summed E-state index contributed by atoms with van der Waals surface area (Å²) in [7, 11) is 0. The number of thiophene rings is 1. The van der Waals surface area contributed by atoms with Gasteiger partial charge in [0.15, 0.2) is 11.9 Å². The summed E-state index contributed by atoms with van der Waals surface area (Å²) in [5, 5.41) is 7.46. The highest BCUT2D eigenvalue weighted by Crippen LogP contribution is 2.23. The lowest BCUT2D eigenvalue weighted by Crippen LogP contribution is -2.30. The highest BCUT2D eigenvalue weighted by atomic mass is 35.5. The summed E-state index contributed by atoms with van der Waals surface area (Å²) < 4.78 is 5.21. The van der Waals surface area contributed by atoms with Crippen molar-refractivity contribution in [2.24, 2.45) is 0 Å². The Kier molecular flexibility index (Phi) is 7.04. The molecule has 0 fully saturated rings. The number of nitrogens with zero attached hydrogens (tertiary/aromatic N) is 1. The zero-order valence-corrected chi connectivity index (χ0v) is 17.8. The number of ether oxygens (including phenoxy) is 1. The average molecular weight is 464 g/mol. The minimum Gasteiger partial charge on any atom is -0.449 e. The molecule has 0 bridgehead atoms. The van der Waals surface area contributed by atoms with Crippen molar-refractivity contribution < 1.29 is 19.1 Å². The molecule has 2 N–H and O–H groups in total. The second-order valence-corrected chi connectivity index (χ2v) is 7.82. The number of carbonyl (C=O) groups is 3. The number of benzene rings is 1. The highest BCUT2D eigenvalue weighted by molar-refractivity contribution is 7.12. The van der Waals surface area contributed by atoms with Gasteiger partial charge in [-0.25, -0.2) is 9.78 Å². The first kappa shape index (κ1) is 21.8. The third-order valence-corrected chi connectivity index (χ3v) is 5.17. The van der Waals surface area contributed by atoms with Crippen LogP contribution in [0.5, 0.6) is 0 Å². The summed E-state index contributed by atoms with van der Waals surface area (Å²) in [6, 6.07) is 11.1. The van der Waals surface area contributed by atoms with Crippen LogP contribution in [0.1, 0.15) is 27.0 Å². The molecule has 30 heavy (non-hydrogen) atoms. The van der Waals surface area contributed by atoms with E-state index in [1.165, 1.54) is 42.7 Å². The Hall–Kier alpha value is -2.94. The molecule has 7 nitrogen and oxygen atoms in total. The number of pyridine rings is 1. The van der Waals surface area contributed by atoms with Crippen LogP contribution >= 0.6 is 34.5 Å². The maximum Gasteiger partial charge on any atom is 0.338 e. The molecule has 3 rings (SSSR count). The molecule has 0 spiro atoms. The number of esters is 1. The summed E-state index contributed by atoms with van der Waals surface area (Å²) in [6.07, 6.45) is 0.214. The molecule has 0 aliphatic carbocycles. The van der Waals surface area contributed by atoms with E-state index in [1.54, 1.807) is 29.6 Å². The number of aromatic nitrogens is 1. The van der Waals surface area contributed by atoms with Crippen molar-refractivity contribution in [1.29, 1.82) is 0 Å². The minimum absolute atomic E-state index is 0.104. The van der Waals surface area contributed by atoms with Gasteiger partial charge in [0.2, 0.25) is 0 Å². The van der Waals surface area contributed by atoms with Gasteiger partial charge in [0.1, 0.15) is 0 Å². The van der Waals surface area contributed by atoms with Crippen LogP contribution in [0.15, 0.2) is 54.0 Å². The van der Waals surface area contributed by atoms with E-state index >= 15 is 0 Å². The fraction of sp³-hybridized carbons (Fsp3) is 0.100. The van der Waals surface area contributed by atoms with Crippen LogP contribution in [0, 0.1) is 0 Å². The van der Waals surface area contributed by atoms with Gasteiger partial charge in [-0.2, -0.15) is 0 Å². The number of rotatable bonds is 6. The van der Waals surface area contributed by atoms with E-state index in [0.29, 0.717) is 15.6 Å². The fourth-order valence-electron chi connectivity index (χ4n) is 2.33. The lowest BCUT2D eigenvalue weighted by atomic mass is 10.2. The largest absolute Gasteiger partial charge is 0.449 e. The average Bonchev–Trinajstić information content (AvgIpc) is 3.25. The Bertz CT molecular complexity index is 1090. The Morgan fingerprint density at radius 1 is 1.10 bits per heavy atom. The standard InChI is InChI=1S/C20H15Cl2N3O4S/c1-11(18(26)25-17-15(22)9-13(21)10-23-17)29-20(28)12-4-2-5-14(8-12)24-19(27)16-6-3-7-30-16/h2-11H,1H3,(H,24,27)(H,23,25,26)/t11-/m0/s1. The molecule has 1 atom stereocenters. The van der Waals surface area contributed by atoms with Crippen molar-refractivity contribution in [3.8, 4) is 0 Å². The number of halogens is 2. The molecule has 0 aliphatic heterocycles. The van der Waals surface area contributed by atoms with Crippen LogP contribution in [-0.4, -0.2) is 28.9 Å². The molecular formula is C20H15Cl2N3O4S. The normalized spacial score (nSPS) is 11.4. The second-order valence-electron chi connectivity index (χ2n) is 6.03. The van der Waals surface area contributed by atoms with E-state index in [9.17, 15) is 14.4 Å². The third kappa shape index (κ3) is 5.56. The zero-order valence-electron chi connectivity index (χ0n) is 15.5. The number of hydrogen-bond donors (Lipinski definition) is 2. The highest BCUT2D eigenvalue weighted by Gasteiger charge is 2.21. The molecule has 1 aromatic carbocycles. The molecule has 10 heteroatoms. The number of anilines is 2. The number of nitrogens with one attached hydrogen (secondary N) is 2. The van der Waals surface area contributed by atoms with Crippen LogP contribution in [0.25, 0.3) is 0 Å². The van der Waals surface area contributed by atoms with Gasteiger partial charge in [-0.1, -0.05) is 35.3 Å². The third-order valence-electron chi connectivity index (χ3n) is 3.80. The summed E-state index contributed by atoms with van der Waals surface area (Å²) in [4.78, 5) is 41.3. The first-order valence-electron chi connectivity index (χ1n) is 8.61. The monoisotopic (exact) mass is 463 g/mol.